The average Bonchev–Trinajstić information content (AvgIpc) is 2.96. The topological polar surface area (TPSA) is 89.2 Å². The summed E-state index contributed by atoms with van der Waals surface area (Å²) < 4.78 is 10.8. The van der Waals surface area contributed by atoms with Crippen LogP contribution in [0.15, 0.2) is 62.8 Å². The van der Waals surface area contributed by atoms with Crippen LogP contribution in [-0.4, -0.2) is 17.6 Å². The van der Waals surface area contributed by atoms with Gasteiger partial charge in [0.05, 0.1) is 5.69 Å². The minimum Gasteiger partial charge on any atom is -0.434 e. The van der Waals surface area contributed by atoms with Crippen LogP contribution in [0.4, 0.5) is 5.69 Å². The number of carbonyl (C=O) groups excluding carboxylic acids is 2. The molecule has 2 aromatic carbocycles. The Bertz CT molecular complexity index is 1180. The van der Waals surface area contributed by atoms with Crippen molar-refractivity contribution < 1.29 is 18.7 Å². The summed E-state index contributed by atoms with van der Waals surface area (Å²) in [6, 6.07) is 13.4. The zero-order chi connectivity index (χ0) is 19.1. The third-order valence-electron chi connectivity index (χ3n) is 4.20. The zero-order valence-electron chi connectivity index (χ0n) is 14.6. The Morgan fingerprint density at radius 2 is 1.81 bits per heavy atom. The van der Waals surface area contributed by atoms with Gasteiger partial charge in [-0.05, 0) is 36.8 Å². The first-order valence-electron chi connectivity index (χ1n) is 8.20. The van der Waals surface area contributed by atoms with Gasteiger partial charge in [-0.2, -0.15) is 5.01 Å². The molecule has 0 atom stereocenters. The van der Waals surface area contributed by atoms with Gasteiger partial charge in [0.2, 0.25) is 5.91 Å². The molecular weight excluding hydrogens is 348 g/mol. The van der Waals surface area contributed by atoms with Crippen LogP contribution in [0, 0.1) is 6.92 Å². The van der Waals surface area contributed by atoms with Crippen molar-refractivity contribution in [1.29, 1.82) is 0 Å². The molecule has 7 nitrogen and oxygen atoms in total. The Hall–Kier alpha value is -3.74. The quantitative estimate of drug-likeness (QED) is 0.516. The maximum atomic E-state index is 12.9. The molecule has 27 heavy (non-hydrogen) atoms. The molecule has 1 aromatic heterocycles. The highest BCUT2D eigenvalue weighted by Crippen LogP contribution is 2.34. The number of hydrazone groups is 1. The molecule has 0 fully saturated rings. The number of carbonyl (C=O) groups is 2. The monoisotopic (exact) mass is 362 g/mol. The van der Waals surface area contributed by atoms with Crippen LogP contribution in [0.25, 0.3) is 11.0 Å². The first kappa shape index (κ1) is 16.7. The molecule has 0 aliphatic carbocycles. The maximum absolute atomic E-state index is 12.9. The number of anilines is 1. The molecule has 1 aliphatic rings. The number of aryl methyl sites for hydroxylation is 1. The lowest BCUT2D eigenvalue weighted by molar-refractivity contribution is -0.116. The Kier molecular flexibility index (Phi) is 3.84. The van der Waals surface area contributed by atoms with E-state index in [2.05, 4.69) is 5.10 Å². The highest BCUT2D eigenvalue weighted by atomic mass is 16.5. The summed E-state index contributed by atoms with van der Waals surface area (Å²) in [6.45, 7) is 3.09. The molecule has 1 amide bonds. The zero-order valence-corrected chi connectivity index (χ0v) is 14.6. The number of hydrogen-bond acceptors (Lipinski definition) is 6. The Morgan fingerprint density at radius 3 is 2.52 bits per heavy atom. The average molecular weight is 362 g/mol. The van der Waals surface area contributed by atoms with E-state index in [-0.39, 0.29) is 28.7 Å². The van der Waals surface area contributed by atoms with Crippen LogP contribution in [0.5, 0.6) is 5.75 Å². The van der Waals surface area contributed by atoms with Crippen molar-refractivity contribution in [3.63, 3.8) is 0 Å². The lowest BCUT2D eigenvalue weighted by Crippen LogP contribution is -2.27. The van der Waals surface area contributed by atoms with Gasteiger partial charge in [-0.25, -0.2) is 4.79 Å². The van der Waals surface area contributed by atoms with E-state index in [1.807, 2.05) is 0 Å². The first-order valence-corrected chi connectivity index (χ1v) is 8.20. The number of ketones is 1. The van der Waals surface area contributed by atoms with Gasteiger partial charge in [0.1, 0.15) is 11.3 Å². The maximum Gasteiger partial charge on any atom is 0.336 e. The summed E-state index contributed by atoms with van der Waals surface area (Å²) in [6.07, 6.45) is 0. The Labute approximate surface area is 153 Å². The highest BCUT2D eigenvalue weighted by molar-refractivity contribution is 6.48. The number of amides is 1. The minimum atomic E-state index is -0.554. The Morgan fingerprint density at radius 1 is 1.07 bits per heavy atom. The van der Waals surface area contributed by atoms with Gasteiger partial charge in [-0.1, -0.05) is 18.2 Å². The van der Waals surface area contributed by atoms with Crippen molar-refractivity contribution in [2.24, 2.45) is 5.10 Å². The van der Waals surface area contributed by atoms with Crippen LogP contribution in [0.3, 0.4) is 0 Å². The van der Waals surface area contributed by atoms with Crippen molar-refractivity contribution in [3.05, 3.63) is 70.1 Å². The molecule has 3 aromatic rings. The standard InChI is InChI=1S/C20H14N2O5/c1-11-10-16(24)27-19-14(11)8-9-15-17(19)18(25)20(26-15)21-22(12(2)23)13-6-4-3-5-7-13/h3-10H,1-2H3/b21-20+. The summed E-state index contributed by atoms with van der Waals surface area (Å²) in [5.74, 6) is -0.961. The molecule has 0 bridgehead atoms. The van der Waals surface area contributed by atoms with Crippen molar-refractivity contribution in [1.82, 2.24) is 0 Å². The second-order valence-corrected chi connectivity index (χ2v) is 6.07. The molecule has 0 unspecified atom stereocenters. The lowest BCUT2D eigenvalue weighted by atomic mass is 10.0. The molecule has 2 heterocycles. The number of hydrogen-bond donors (Lipinski definition) is 0. The molecule has 0 N–H and O–H groups in total. The van der Waals surface area contributed by atoms with Gasteiger partial charge in [0.15, 0.2) is 5.58 Å². The normalized spacial score (nSPS) is 14.3. The number of nitrogens with zero attached hydrogens (tertiary/aromatic N) is 2. The molecule has 0 saturated carbocycles. The molecule has 1 aliphatic heterocycles. The van der Waals surface area contributed by atoms with Gasteiger partial charge in [-0.15, -0.1) is 5.10 Å². The van der Waals surface area contributed by atoms with E-state index in [0.29, 0.717) is 16.6 Å². The summed E-state index contributed by atoms with van der Waals surface area (Å²) in [7, 11) is 0. The summed E-state index contributed by atoms with van der Waals surface area (Å²) >= 11 is 0. The van der Waals surface area contributed by atoms with Gasteiger partial charge in [-0.3, -0.25) is 9.59 Å². The third kappa shape index (κ3) is 2.79. The second kappa shape index (κ2) is 6.21. The number of Topliss-reactive ketones (excluding diaryl/α,β-unsaturated/α-hetero) is 1. The highest BCUT2D eigenvalue weighted by Gasteiger charge is 2.34. The smallest absolute Gasteiger partial charge is 0.336 e. The molecule has 134 valence electrons. The summed E-state index contributed by atoms with van der Waals surface area (Å²) in [5.41, 5.74) is 0.917. The minimum absolute atomic E-state index is 0.128. The fraction of sp³-hybridized carbons (Fsp3) is 0.100. The van der Waals surface area contributed by atoms with Crippen LogP contribution in [-0.2, 0) is 4.79 Å². The number of benzene rings is 2. The second-order valence-electron chi connectivity index (χ2n) is 6.07. The summed E-state index contributed by atoms with van der Waals surface area (Å²) in [4.78, 5) is 36.6. The van der Waals surface area contributed by atoms with Crippen LogP contribution < -0.4 is 15.4 Å². The lowest BCUT2D eigenvalue weighted by Gasteiger charge is -2.14. The number of para-hydroxylation sites is 1. The van der Waals surface area contributed by atoms with Gasteiger partial charge >= 0.3 is 5.63 Å². The number of rotatable bonds is 2. The van der Waals surface area contributed by atoms with Gasteiger partial charge < -0.3 is 9.15 Å². The SMILES string of the molecule is CC(=O)N(/N=C1/Oc2ccc3c(C)cc(=O)oc3c2C1=O)c1ccccc1. The van der Waals surface area contributed by atoms with Crippen molar-refractivity contribution in [3.8, 4) is 5.75 Å². The van der Waals surface area contributed by atoms with E-state index in [9.17, 15) is 14.4 Å². The van der Waals surface area contributed by atoms with E-state index >= 15 is 0 Å². The fourth-order valence-electron chi connectivity index (χ4n) is 2.96. The van der Waals surface area contributed by atoms with Gasteiger partial charge in [0, 0.05) is 18.4 Å². The van der Waals surface area contributed by atoms with E-state index in [1.54, 1.807) is 49.4 Å². The molecule has 0 radical (unpaired) electrons. The van der Waals surface area contributed by atoms with Crippen molar-refractivity contribution in [2.75, 3.05) is 5.01 Å². The van der Waals surface area contributed by atoms with E-state index in [1.165, 1.54) is 13.0 Å². The largest absolute Gasteiger partial charge is 0.434 e. The van der Waals surface area contributed by atoms with Gasteiger partial charge in [0.25, 0.3) is 11.7 Å². The van der Waals surface area contributed by atoms with Crippen molar-refractivity contribution >= 4 is 34.2 Å². The molecule has 0 saturated heterocycles. The fourth-order valence-corrected chi connectivity index (χ4v) is 2.96. The predicted octanol–water partition coefficient (Wildman–Crippen LogP) is 3.04. The van der Waals surface area contributed by atoms with Crippen LogP contribution >= 0.6 is 0 Å². The predicted molar refractivity (Wildman–Crippen MR) is 99.2 cm³/mol. The van der Waals surface area contributed by atoms with Crippen LogP contribution in [0.1, 0.15) is 22.8 Å². The summed E-state index contributed by atoms with van der Waals surface area (Å²) in [5, 5.41) is 5.82. The van der Waals surface area contributed by atoms with E-state index < -0.39 is 11.4 Å². The molecule has 7 heteroatoms. The first-order chi connectivity index (χ1) is 13.0. The molecule has 0 spiro atoms. The van der Waals surface area contributed by atoms with Crippen molar-refractivity contribution in [2.45, 2.75) is 13.8 Å². The van der Waals surface area contributed by atoms with E-state index in [0.717, 1.165) is 5.01 Å². The van der Waals surface area contributed by atoms with Crippen LogP contribution in [0.2, 0.25) is 0 Å². The number of fused-ring (bicyclic) bond motifs is 3. The third-order valence-corrected chi connectivity index (χ3v) is 4.20. The molecule has 4 rings (SSSR count). The Balaban J connectivity index is 1.84. The molecular formula is C20H14N2O5. The number of ether oxygens (including phenoxy) is 1. The van der Waals surface area contributed by atoms with E-state index in [4.69, 9.17) is 9.15 Å².